The van der Waals surface area contributed by atoms with Gasteiger partial charge in [-0.25, -0.2) is 0 Å². The average Bonchev–Trinajstić information content (AvgIpc) is 2.26. The summed E-state index contributed by atoms with van der Waals surface area (Å²) < 4.78 is 1.25. The van der Waals surface area contributed by atoms with Gasteiger partial charge < -0.3 is 0 Å². The summed E-state index contributed by atoms with van der Waals surface area (Å²) in [4.78, 5) is 11.6. The molecule has 0 heterocycles. The van der Waals surface area contributed by atoms with E-state index in [1.54, 1.807) is 12.1 Å². The molecule has 1 amide bonds. The Morgan fingerprint density at radius 1 is 1.36 bits per heavy atom. The molecule has 0 bridgehead atoms. The van der Waals surface area contributed by atoms with Crippen LogP contribution in [-0.2, 0) is 0 Å². The Morgan fingerprint density at radius 2 is 2.00 bits per heavy atom. The molecule has 0 N–H and O–H groups in total. The summed E-state index contributed by atoms with van der Waals surface area (Å²) in [5.41, 5.74) is 0.638. The minimum atomic E-state index is -0.124. The van der Waals surface area contributed by atoms with Gasteiger partial charge in [-0.2, -0.15) is 0 Å². The normalized spacial score (nSPS) is 9.86. The highest BCUT2D eigenvalue weighted by Gasteiger charge is 2.11. The predicted molar refractivity (Wildman–Crippen MR) is 58.2 cm³/mol. The molecule has 0 atom stereocenters. The fourth-order valence-corrected chi connectivity index (χ4v) is 1.34. The highest BCUT2D eigenvalue weighted by Crippen LogP contribution is 2.08. The van der Waals surface area contributed by atoms with Gasteiger partial charge in [0.15, 0.2) is 0 Å². The number of halogens is 1. The lowest BCUT2D eigenvalue weighted by molar-refractivity contribution is 0.0862. The van der Waals surface area contributed by atoms with Gasteiger partial charge >= 0.3 is 0 Å². The number of nitrogens with zero attached hydrogens (tertiary/aromatic N) is 1. The van der Waals surface area contributed by atoms with Crippen molar-refractivity contribution in [1.29, 1.82) is 0 Å². The zero-order valence-electron chi connectivity index (χ0n) is 8.24. The molecule has 0 unspecified atom stereocenters. The third-order valence-corrected chi connectivity index (χ3v) is 2.27. The van der Waals surface area contributed by atoms with Crippen LogP contribution in [0, 0.1) is 0 Å². The van der Waals surface area contributed by atoms with Gasteiger partial charge in [-0.15, -0.1) is 0 Å². The second kappa shape index (κ2) is 5.66. The molecule has 0 aliphatic heterocycles. The van der Waals surface area contributed by atoms with E-state index in [1.165, 1.54) is 4.42 Å². The maximum atomic E-state index is 11.6. The molecule has 0 fully saturated rings. The molecule has 0 saturated heterocycles. The Labute approximate surface area is 89.6 Å². The number of carbonyl (C=O) groups is 1. The predicted octanol–water partition coefficient (Wildman–Crippen LogP) is 3.08. The van der Waals surface area contributed by atoms with Crippen molar-refractivity contribution in [2.24, 2.45) is 0 Å². The van der Waals surface area contributed by atoms with Crippen LogP contribution in [0.2, 0.25) is 0 Å². The summed E-state index contributed by atoms with van der Waals surface area (Å²) in [5.74, 6) is -0.124. The summed E-state index contributed by atoms with van der Waals surface area (Å²) in [6, 6.07) is 9.07. The first-order valence-electron chi connectivity index (χ1n) is 4.78. The monoisotopic (exact) mass is 211 g/mol. The zero-order chi connectivity index (χ0) is 10.4. The Balaban J connectivity index is 2.57. The van der Waals surface area contributed by atoms with Crippen LogP contribution < -0.4 is 0 Å². The van der Waals surface area contributed by atoms with Crippen molar-refractivity contribution in [1.82, 2.24) is 4.42 Å². The number of hydrogen-bond donors (Lipinski definition) is 0. The molecule has 0 aromatic heterocycles. The third kappa shape index (κ3) is 3.04. The van der Waals surface area contributed by atoms with E-state index in [0.717, 1.165) is 12.8 Å². The van der Waals surface area contributed by atoms with Crippen LogP contribution in [0.15, 0.2) is 30.3 Å². The second-order valence-corrected chi connectivity index (χ2v) is 3.52. The van der Waals surface area contributed by atoms with Gasteiger partial charge in [0, 0.05) is 23.9 Å². The van der Waals surface area contributed by atoms with Crippen molar-refractivity contribution >= 4 is 17.7 Å². The molecule has 76 valence electrons. The van der Waals surface area contributed by atoms with E-state index >= 15 is 0 Å². The maximum absolute atomic E-state index is 11.6. The van der Waals surface area contributed by atoms with Gasteiger partial charge in [0.1, 0.15) is 0 Å². The van der Waals surface area contributed by atoms with E-state index in [9.17, 15) is 4.79 Å². The number of hydrogen-bond acceptors (Lipinski definition) is 1. The lowest BCUT2D eigenvalue weighted by Gasteiger charge is -2.12. The molecular weight excluding hydrogens is 198 g/mol. The summed E-state index contributed by atoms with van der Waals surface area (Å²) >= 11 is 5.83. The Bertz CT molecular complexity index is 287. The van der Waals surface area contributed by atoms with E-state index in [0.29, 0.717) is 12.1 Å². The van der Waals surface area contributed by atoms with Crippen LogP contribution in [0.4, 0.5) is 0 Å². The Hall–Kier alpha value is -1.02. The van der Waals surface area contributed by atoms with Crippen molar-refractivity contribution in [3.05, 3.63) is 35.9 Å². The van der Waals surface area contributed by atoms with Gasteiger partial charge in [0.05, 0.1) is 0 Å². The van der Waals surface area contributed by atoms with Gasteiger partial charge in [0.2, 0.25) is 0 Å². The van der Waals surface area contributed by atoms with Crippen molar-refractivity contribution in [3.63, 3.8) is 0 Å². The van der Waals surface area contributed by atoms with Crippen molar-refractivity contribution in [2.45, 2.75) is 19.8 Å². The van der Waals surface area contributed by atoms with Crippen LogP contribution in [0.1, 0.15) is 30.1 Å². The highest BCUT2D eigenvalue weighted by molar-refractivity contribution is 6.24. The highest BCUT2D eigenvalue weighted by atomic mass is 35.5. The number of unbranched alkanes of at least 4 members (excludes halogenated alkanes) is 1. The lowest BCUT2D eigenvalue weighted by Crippen LogP contribution is -2.22. The van der Waals surface area contributed by atoms with Gasteiger partial charge in [-0.1, -0.05) is 31.5 Å². The molecule has 1 aromatic rings. The van der Waals surface area contributed by atoms with Crippen molar-refractivity contribution in [3.8, 4) is 0 Å². The first-order valence-corrected chi connectivity index (χ1v) is 5.12. The number of carbonyl (C=O) groups excluding carboxylic acids is 1. The molecule has 0 aliphatic rings. The third-order valence-electron chi connectivity index (χ3n) is 1.95. The molecule has 0 spiro atoms. The van der Waals surface area contributed by atoms with Gasteiger partial charge in [-0.05, 0) is 18.6 Å². The summed E-state index contributed by atoms with van der Waals surface area (Å²) in [6.45, 7) is 2.67. The lowest BCUT2D eigenvalue weighted by atomic mass is 10.2. The molecule has 1 aromatic carbocycles. The topological polar surface area (TPSA) is 20.3 Å². The molecule has 2 nitrogen and oxygen atoms in total. The van der Waals surface area contributed by atoms with E-state index in [1.807, 2.05) is 18.2 Å². The second-order valence-electron chi connectivity index (χ2n) is 3.11. The minimum Gasteiger partial charge on any atom is -0.268 e. The average molecular weight is 212 g/mol. The largest absolute Gasteiger partial charge is 0.268 e. The zero-order valence-corrected chi connectivity index (χ0v) is 9.00. The van der Waals surface area contributed by atoms with Crippen molar-refractivity contribution in [2.75, 3.05) is 6.54 Å². The van der Waals surface area contributed by atoms with Gasteiger partial charge in [0.25, 0.3) is 5.91 Å². The SMILES string of the molecule is CCCCN(Cl)C(=O)c1ccccc1. The van der Waals surface area contributed by atoms with Gasteiger partial charge in [-0.3, -0.25) is 9.21 Å². The summed E-state index contributed by atoms with van der Waals surface area (Å²) in [5, 5.41) is 0. The number of amides is 1. The molecule has 3 heteroatoms. The van der Waals surface area contributed by atoms with Crippen LogP contribution in [0.25, 0.3) is 0 Å². The fraction of sp³-hybridized carbons (Fsp3) is 0.364. The van der Waals surface area contributed by atoms with E-state index < -0.39 is 0 Å². The first-order chi connectivity index (χ1) is 6.75. The van der Waals surface area contributed by atoms with E-state index in [2.05, 4.69) is 6.92 Å². The first kappa shape index (κ1) is 11.1. The van der Waals surface area contributed by atoms with Crippen LogP contribution in [-0.4, -0.2) is 16.9 Å². The van der Waals surface area contributed by atoms with E-state index in [-0.39, 0.29) is 5.91 Å². The molecule has 1 rings (SSSR count). The van der Waals surface area contributed by atoms with E-state index in [4.69, 9.17) is 11.8 Å². The fourth-order valence-electron chi connectivity index (χ4n) is 1.12. The Morgan fingerprint density at radius 3 is 2.57 bits per heavy atom. The molecule has 0 saturated carbocycles. The molecule has 14 heavy (non-hydrogen) atoms. The number of benzene rings is 1. The standard InChI is InChI=1S/C11H14ClNO/c1-2-3-9-13(12)11(14)10-7-5-4-6-8-10/h4-8H,2-3,9H2,1H3. The van der Waals surface area contributed by atoms with Crippen LogP contribution in [0.5, 0.6) is 0 Å². The van der Waals surface area contributed by atoms with Crippen LogP contribution >= 0.6 is 11.8 Å². The van der Waals surface area contributed by atoms with Crippen LogP contribution in [0.3, 0.4) is 0 Å². The summed E-state index contributed by atoms with van der Waals surface area (Å²) in [6.07, 6.45) is 1.97. The summed E-state index contributed by atoms with van der Waals surface area (Å²) in [7, 11) is 0. The Kier molecular flexibility index (Phi) is 4.47. The molecule has 0 aliphatic carbocycles. The number of rotatable bonds is 4. The minimum absolute atomic E-state index is 0.124. The molecular formula is C11H14ClNO. The smallest absolute Gasteiger partial charge is 0.268 e. The maximum Gasteiger partial charge on any atom is 0.268 e. The quantitative estimate of drug-likeness (QED) is 0.701. The molecule has 0 radical (unpaired) electrons. The van der Waals surface area contributed by atoms with Crippen molar-refractivity contribution < 1.29 is 4.79 Å².